The van der Waals surface area contributed by atoms with Gasteiger partial charge in [-0.2, -0.15) is 10.1 Å². The van der Waals surface area contributed by atoms with Crippen LogP contribution in [0.1, 0.15) is 11.3 Å². The van der Waals surface area contributed by atoms with E-state index in [1.807, 2.05) is 6.92 Å². The molecule has 0 unspecified atom stereocenters. The first-order valence-electron chi connectivity index (χ1n) is 4.57. The van der Waals surface area contributed by atoms with Gasteiger partial charge in [0.05, 0.1) is 12.4 Å². The zero-order chi connectivity index (χ0) is 11.5. The van der Waals surface area contributed by atoms with E-state index in [1.54, 1.807) is 6.20 Å². The number of nitrogens with one attached hydrogen (secondary N) is 2. The second-order valence-electron chi connectivity index (χ2n) is 3.21. The normalized spacial score (nSPS) is 10.4. The van der Waals surface area contributed by atoms with Gasteiger partial charge < -0.3 is 5.32 Å². The number of hydrogen-bond donors (Lipinski definition) is 2. The highest BCUT2D eigenvalue weighted by molar-refractivity contribution is 6.28. The molecule has 84 valence electrons. The summed E-state index contributed by atoms with van der Waals surface area (Å²) in [6.07, 6.45) is 2.70. The number of aryl methyl sites for hydroxylation is 1. The first-order chi connectivity index (χ1) is 7.66. The number of aromatic amines is 1. The van der Waals surface area contributed by atoms with E-state index in [0.717, 1.165) is 17.5 Å². The van der Waals surface area contributed by atoms with Crippen molar-refractivity contribution in [3.8, 4) is 0 Å². The van der Waals surface area contributed by atoms with Crippen molar-refractivity contribution in [2.45, 2.75) is 13.5 Å². The van der Waals surface area contributed by atoms with Gasteiger partial charge in [0.25, 0.3) is 0 Å². The van der Waals surface area contributed by atoms with Crippen LogP contribution in [0, 0.1) is 12.7 Å². The summed E-state index contributed by atoms with van der Waals surface area (Å²) in [6, 6.07) is 0. The summed E-state index contributed by atoms with van der Waals surface area (Å²) in [7, 11) is 0. The third-order valence-electron chi connectivity index (χ3n) is 2.10. The predicted octanol–water partition coefficient (Wildman–Crippen LogP) is 1.91. The molecule has 0 aromatic carbocycles. The van der Waals surface area contributed by atoms with E-state index in [2.05, 4.69) is 25.5 Å². The van der Waals surface area contributed by atoms with E-state index >= 15 is 0 Å². The van der Waals surface area contributed by atoms with Crippen LogP contribution >= 0.6 is 11.6 Å². The maximum absolute atomic E-state index is 13.2. The molecule has 0 fully saturated rings. The smallest absolute Gasteiger partial charge is 0.224 e. The van der Waals surface area contributed by atoms with Crippen molar-refractivity contribution in [3.05, 3.63) is 34.8 Å². The molecule has 0 aliphatic heterocycles. The summed E-state index contributed by atoms with van der Waals surface area (Å²) in [4.78, 5) is 7.26. The van der Waals surface area contributed by atoms with Crippen LogP contribution in [0.25, 0.3) is 0 Å². The number of nitrogens with zero attached hydrogens (tertiary/aromatic N) is 3. The third-order valence-corrected chi connectivity index (χ3v) is 2.28. The molecule has 0 aliphatic carbocycles. The van der Waals surface area contributed by atoms with Gasteiger partial charge in [0.2, 0.25) is 5.28 Å². The van der Waals surface area contributed by atoms with Gasteiger partial charge >= 0.3 is 0 Å². The van der Waals surface area contributed by atoms with Crippen molar-refractivity contribution in [2.75, 3.05) is 5.32 Å². The number of halogens is 2. The number of aromatic nitrogens is 4. The molecule has 2 aromatic rings. The minimum Gasteiger partial charge on any atom is -0.363 e. The Labute approximate surface area is 96.1 Å². The molecule has 0 saturated heterocycles. The molecule has 2 N–H and O–H groups in total. The van der Waals surface area contributed by atoms with Crippen LogP contribution in [0.15, 0.2) is 12.4 Å². The van der Waals surface area contributed by atoms with Crippen LogP contribution in [0.2, 0.25) is 5.28 Å². The van der Waals surface area contributed by atoms with E-state index in [4.69, 9.17) is 11.6 Å². The lowest BCUT2D eigenvalue weighted by atomic mass is 10.2. The first-order valence-corrected chi connectivity index (χ1v) is 4.95. The molecule has 0 spiro atoms. The van der Waals surface area contributed by atoms with Gasteiger partial charge in [-0.1, -0.05) is 0 Å². The van der Waals surface area contributed by atoms with Crippen molar-refractivity contribution >= 4 is 17.4 Å². The topological polar surface area (TPSA) is 66.5 Å². The molecule has 0 aliphatic rings. The second-order valence-corrected chi connectivity index (χ2v) is 3.55. The van der Waals surface area contributed by atoms with E-state index < -0.39 is 5.82 Å². The molecule has 0 saturated carbocycles. The summed E-state index contributed by atoms with van der Waals surface area (Å²) in [6.45, 7) is 2.31. The summed E-state index contributed by atoms with van der Waals surface area (Å²) in [5, 5.41) is 9.48. The van der Waals surface area contributed by atoms with E-state index in [9.17, 15) is 4.39 Å². The van der Waals surface area contributed by atoms with Crippen molar-refractivity contribution in [2.24, 2.45) is 0 Å². The monoisotopic (exact) mass is 241 g/mol. The number of anilines is 1. The summed E-state index contributed by atoms with van der Waals surface area (Å²) in [5.74, 6) is -0.453. The molecule has 0 radical (unpaired) electrons. The maximum Gasteiger partial charge on any atom is 0.224 e. The Balaban J connectivity index is 2.10. The van der Waals surface area contributed by atoms with Crippen LogP contribution in [-0.4, -0.2) is 20.2 Å². The molecule has 0 bridgehead atoms. The van der Waals surface area contributed by atoms with Crippen LogP contribution in [0.4, 0.5) is 10.2 Å². The minimum absolute atomic E-state index is 0.00724. The number of hydrogen-bond acceptors (Lipinski definition) is 4. The average molecular weight is 242 g/mol. The molecule has 16 heavy (non-hydrogen) atoms. The zero-order valence-corrected chi connectivity index (χ0v) is 9.22. The van der Waals surface area contributed by atoms with Gasteiger partial charge in [-0.3, -0.25) is 5.10 Å². The lowest BCUT2D eigenvalue weighted by molar-refractivity contribution is 0.616. The number of H-pyrrole nitrogens is 1. The van der Waals surface area contributed by atoms with E-state index in [1.165, 1.54) is 0 Å². The van der Waals surface area contributed by atoms with Crippen LogP contribution in [-0.2, 0) is 6.54 Å². The quantitative estimate of drug-likeness (QED) is 0.806. The van der Waals surface area contributed by atoms with Gasteiger partial charge in [-0.25, -0.2) is 9.37 Å². The van der Waals surface area contributed by atoms with Gasteiger partial charge in [0, 0.05) is 17.8 Å². The minimum atomic E-state index is -0.537. The van der Waals surface area contributed by atoms with E-state index in [0.29, 0.717) is 6.54 Å². The molecule has 2 rings (SSSR count). The summed E-state index contributed by atoms with van der Waals surface area (Å²) in [5.41, 5.74) is 1.86. The molecule has 2 aromatic heterocycles. The molecule has 5 nitrogen and oxygen atoms in total. The highest BCUT2D eigenvalue weighted by Gasteiger charge is 2.06. The molecule has 0 amide bonds. The lowest BCUT2D eigenvalue weighted by Crippen LogP contribution is -2.04. The standard InChI is InChI=1S/C9H9ClFN5/c1-5-6(3-14-16-5)2-12-8-7(11)4-13-9(10)15-8/h3-4H,2H2,1H3,(H,14,16)(H,12,13,15). The highest BCUT2D eigenvalue weighted by atomic mass is 35.5. The van der Waals surface area contributed by atoms with Gasteiger partial charge in [-0.15, -0.1) is 0 Å². The Bertz CT molecular complexity index is 498. The van der Waals surface area contributed by atoms with Crippen molar-refractivity contribution in [3.63, 3.8) is 0 Å². The van der Waals surface area contributed by atoms with Crippen LogP contribution in [0.5, 0.6) is 0 Å². The maximum atomic E-state index is 13.2. The van der Waals surface area contributed by atoms with Crippen molar-refractivity contribution < 1.29 is 4.39 Å². The summed E-state index contributed by atoms with van der Waals surface area (Å²) >= 11 is 5.56. The second kappa shape index (κ2) is 4.44. The van der Waals surface area contributed by atoms with Gasteiger partial charge in [0.1, 0.15) is 0 Å². The molecular formula is C9H9ClFN5. The lowest BCUT2D eigenvalue weighted by Gasteiger charge is -2.05. The molecule has 7 heteroatoms. The predicted molar refractivity (Wildman–Crippen MR) is 57.7 cm³/mol. The Morgan fingerprint density at radius 2 is 2.31 bits per heavy atom. The van der Waals surface area contributed by atoms with Crippen molar-refractivity contribution in [1.82, 2.24) is 20.2 Å². The first kappa shape index (κ1) is 10.8. The molecule has 2 heterocycles. The largest absolute Gasteiger partial charge is 0.363 e. The summed E-state index contributed by atoms with van der Waals surface area (Å²) < 4.78 is 13.2. The Morgan fingerprint density at radius 3 is 3.00 bits per heavy atom. The number of rotatable bonds is 3. The fourth-order valence-electron chi connectivity index (χ4n) is 1.20. The Morgan fingerprint density at radius 1 is 1.50 bits per heavy atom. The zero-order valence-electron chi connectivity index (χ0n) is 8.46. The van der Waals surface area contributed by atoms with Crippen molar-refractivity contribution in [1.29, 1.82) is 0 Å². The molecular weight excluding hydrogens is 233 g/mol. The average Bonchev–Trinajstić information content (AvgIpc) is 2.66. The van der Waals surface area contributed by atoms with Crippen LogP contribution in [0.3, 0.4) is 0 Å². The molecule has 0 atom stereocenters. The van der Waals surface area contributed by atoms with E-state index in [-0.39, 0.29) is 11.1 Å². The highest BCUT2D eigenvalue weighted by Crippen LogP contribution is 2.13. The SMILES string of the molecule is Cc1[nH]ncc1CNc1nc(Cl)ncc1F. The Kier molecular flexibility index (Phi) is 3.00. The fraction of sp³-hybridized carbons (Fsp3) is 0.222. The third kappa shape index (κ3) is 2.27. The van der Waals surface area contributed by atoms with Gasteiger partial charge in [-0.05, 0) is 18.5 Å². The van der Waals surface area contributed by atoms with Crippen LogP contribution < -0.4 is 5.32 Å². The Hall–Kier alpha value is -1.69. The van der Waals surface area contributed by atoms with Gasteiger partial charge in [0.15, 0.2) is 11.6 Å². The fourth-order valence-corrected chi connectivity index (χ4v) is 1.34.